The number of amides is 1. The van der Waals surface area contributed by atoms with E-state index in [1.54, 1.807) is 0 Å². The second-order valence-electron chi connectivity index (χ2n) is 6.67. The van der Waals surface area contributed by atoms with Crippen LogP contribution in [0.4, 0.5) is 0 Å². The van der Waals surface area contributed by atoms with Crippen LogP contribution in [0.2, 0.25) is 0 Å². The number of carbonyl (C=O) groups excluding carboxylic acids is 1. The molecule has 3 nitrogen and oxygen atoms in total. The fraction of sp³-hybridized carbons (Fsp3) is 0.933. The summed E-state index contributed by atoms with van der Waals surface area (Å²) in [6.45, 7) is 6.47. The molecule has 2 rings (SSSR count). The standard InChI is InChI=1S/C15H28N2O.ClH/c1-12(2)10-15(7-3-4-8-15)11-17-14(18)13-6-5-9-16-13;/h12-13,16H,3-11H2,1-2H3,(H,17,18);1H/t13-;/m0./s1. The molecular formula is C15H29ClN2O. The molecule has 0 bridgehead atoms. The molecule has 2 fully saturated rings. The summed E-state index contributed by atoms with van der Waals surface area (Å²) in [5.74, 6) is 0.951. The van der Waals surface area contributed by atoms with Gasteiger partial charge in [0.2, 0.25) is 5.91 Å². The number of nitrogens with one attached hydrogen (secondary N) is 2. The highest BCUT2D eigenvalue weighted by Gasteiger charge is 2.35. The maximum atomic E-state index is 12.1. The van der Waals surface area contributed by atoms with Crippen molar-refractivity contribution in [2.75, 3.05) is 13.1 Å². The Morgan fingerprint density at radius 1 is 1.32 bits per heavy atom. The van der Waals surface area contributed by atoms with E-state index in [2.05, 4.69) is 24.5 Å². The number of carbonyl (C=O) groups is 1. The average molecular weight is 289 g/mol. The van der Waals surface area contributed by atoms with E-state index >= 15 is 0 Å². The van der Waals surface area contributed by atoms with Crippen molar-refractivity contribution in [1.29, 1.82) is 0 Å². The Hall–Kier alpha value is -0.280. The first kappa shape index (κ1) is 16.8. The zero-order chi connectivity index (χ0) is 13.0. The van der Waals surface area contributed by atoms with Gasteiger partial charge in [0.15, 0.2) is 0 Å². The third-order valence-electron chi connectivity index (χ3n) is 4.52. The molecule has 19 heavy (non-hydrogen) atoms. The van der Waals surface area contributed by atoms with Crippen LogP contribution in [-0.4, -0.2) is 25.0 Å². The molecule has 1 aliphatic heterocycles. The maximum absolute atomic E-state index is 12.1. The highest BCUT2D eigenvalue weighted by atomic mass is 35.5. The van der Waals surface area contributed by atoms with Crippen molar-refractivity contribution in [2.45, 2.75) is 64.8 Å². The molecule has 1 heterocycles. The Morgan fingerprint density at radius 2 is 2.00 bits per heavy atom. The van der Waals surface area contributed by atoms with Gasteiger partial charge in [-0.05, 0) is 50.0 Å². The van der Waals surface area contributed by atoms with E-state index < -0.39 is 0 Å². The minimum atomic E-state index is 0. The molecule has 112 valence electrons. The molecule has 0 spiro atoms. The lowest BCUT2D eigenvalue weighted by atomic mass is 9.78. The van der Waals surface area contributed by atoms with Crippen molar-refractivity contribution in [1.82, 2.24) is 10.6 Å². The molecule has 4 heteroatoms. The van der Waals surface area contributed by atoms with Crippen LogP contribution in [-0.2, 0) is 4.79 Å². The largest absolute Gasteiger partial charge is 0.354 e. The van der Waals surface area contributed by atoms with Gasteiger partial charge in [0.25, 0.3) is 0 Å². The van der Waals surface area contributed by atoms with E-state index in [9.17, 15) is 4.79 Å². The first-order valence-electron chi connectivity index (χ1n) is 7.62. The monoisotopic (exact) mass is 288 g/mol. The number of halogens is 1. The molecule has 1 atom stereocenters. The summed E-state index contributed by atoms with van der Waals surface area (Å²) in [4.78, 5) is 12.1. The first-order chi connectivity index (χ1) is 8.61. The van der Waals surface area contributed by atoms with E-state index in [0.29, 0.717) is 5.41 Å². The lowest BCUT2D eigenvalue weighted by Gasteiger charge is -2.31. The zero-order valence-electron chi connectivity index (χ0n) is 12.3. The van der Waals surface area contributed by atoms with Gasteiger partial charge < -0.3 is 10.6 Å². The molecule has 1 amide bonds. The van der Waals surface area contributed by atoms with Gasteiger partial charge >= 0.3 is 0 Å². The Kier molecular flexibility index (Phi) is 6.61. The van der Waals surface area contributed by atoms with Crippen molar-refractivity contribution in [3.8, 4) is 0 Å². The fourth-order valence-corrected chi connectivity index (χ4v) is 3.75. The minimum Gasteiger partial charge on any atom is -0.354 e. The van der Waals surface area contributed by atoms with E-state index in [-0.39, 0.29) is 24.4 Å². The van der Waals surface area contributed by atoms with Gasteiger partial charge in [0, 0.05) is 6.54 Å². The van der Waals surface area contributed by atoms with Crippen LogP contribution >= 0.6 is 12.4 Å². The van der Waals surface area contributed by atoms with Crippen molar-refractivity contribution >= 4 is 18.3 Å². The summed E-state index contributed by atoms with van der Waals surface area (Å²) in [5.41, 5.74) is 0.391. The predicted octanol–water partition coefficient (Wildman–Crippen LogP) is 2.88. The molecule has 1 aliphatic carbocycles. The summed E-state index contributed by atoms with van der Waals surface area (Å²) in [6, 6.07) is 0.0718. The van der Waals surface area contributed by atoms with E-state index in [4.69, 9.17) is 0 Å². The van der Waals surface area contributed by atoms with Crippen LogP contribution in [0.3, 0.4) is 0 Å². The molecule has 0 aromatic rings. The molecule has 0 aromatic carbocycles. The lowest BCUT2D eigenvalue weighted by molar-refractivity contribution is -0.123. The van der Waals surface area contributed by atoms with Crippen LogP contribution in [0.5, 0.6) is 0 Å². The second kappa shape index (κ2) is 7.49. The highest BCUT2D eigenvalue weighted by Crippen LogP contribution is 2.42. The van der Waals surface area contributed by atoms with Crippen LogP contribution < -0.4 is 10.6 Å². The van der Waals surface area contributed by atoms with Crippen molar-refractivity contribution < 1.29 is 4.79 Å². The highest BCUT2D eigenvalue weighted by molar-refractivity contribution is 5.85. The van der Waals surface area contributed by atoms with Gasteiger partial charge in [0.05, 0.1) is 6.04 Å². The second-order valence-corrected chi connectivity index (χ2v) is 6.67. The molecule has 1 saturated heterocycles. The van der Waals surface area contributed by atoms with Crippen molar-refractivity contribution in [3.05, 3.63) is 0 Å². The van der Waals surface area contributed by atoms with Gasteiger partial charge in [-0.25, -0.2) is 0 Å². The molecule has 1 saturated carbocycles. The number of hydrogen-bond acceptors (Lipinski definition) is 2. The topological polar surface area (TPSA) is 41.1 Å². The van der Waals surface area contributed by atoms with Gasteiger partial charge in [-0.1, -0.05) is 26.7 Å². The fourth-order valence-electron chi connectivity index (χ4n) is 3.75. The van der Waals surface area contributed by atoms with Gasteiger partial charge in [0.1, 0.15) is 0 Å². The number of rotatable bonds is 5. The molecule has 2 N–H and O–H groups in total. The summed E-state index contributed by atoms with van der Waals surface area (Å²) < 4.78 is 0. The molecule has 0 aromatic heterocycles. The first-order valence-corrected chi connectivity index (χ1v) is 7.62. The van der Waals surface area contributed by atoms with E-state index in [0.717, 1.165) is 31.8 Å². The van der Waals surface area contributed by atoms with Gasteiger partial charge in [-0.15, -0.1) is 12.4 Å². The van der Waals surface area contributed by atoms with Crippen LogP contribution in [0.25, 0.3) is 0 Å². The molecule has 2 aliphatic rings. The summed E-state index contributed by atoms with van der Waals surface area (Å²) in [5, 5.41) is 6.48. The Labute approximate surface area is 123 Å². The number of hydrogen-bond donors (Lipinski definition) is 2. The summed E-state index contributed by atoms with van der Waals surface area (Å²) in [7, 11) is 0. The smallest absolute Gasteiger partial charge is 0.237 e. The Bertz CT molecular complexity index is 282. The molecule has 0 radical (unpaired) electrons. The summed E-state index contributed by atoms with van der Waals surface area (Å²) in [6.07, 6.45) is 8.66. The predicted molar refractivity (Wildman–Crippen MR) is 81.6 cm³/mol. The van der Waals surface area contributed by atoms with Gasteiger partial charge in [-0.3, -0.25) is 4.79 Å². The quantitative estimate of drug-likeness (QED) is 0.817. The average Bonchev–Trinajstić information content (AvgIpc) is 2.96. The zero-order valence-corrected chi connectivity index (χ0v) is 13.2. The lowest BCUT2D eigenvalue weighted by Crippen LogP contribution is -2.45. The Balaban J connectivity index is 0.00000180. The maximum Gasteiger partial charge on any atom is 0.237 e. The van der Waals surface area contributed by atoms with Crippen molar-refractivity contribution in [3.63, 3.8) is 0 Å². The van der Waals surface area contributed by atoms with Crippen LogP contribution in [0, 0.1) is 11.3 Å². The SMILES string of the molecule is CC(C)CC1(CNC(=O)[C@@H]2CCCN2)CCCC1.Cl. The molecule has 0 unspecified atom stereocenters. The third kappa shape index (κ3) is 4.64. The Morgan fingerprint density at radius 3 is 2.53 bits per heavy atom. The normalized spacial score (nSPS) is 25.3. The van der Waals surface area contributed by atoms with Crippen LogP contribution in [0.1, 0.15) is 58.8 Å². The van der Waals surface area contributed by atoms with Crippen molar-refractivity contribution in [2.24, 2.45) is 11.3 Å². The van der Waals surface area contributed by atoms with E-state index in [1.807, 2.05) is 0 Å². The summed E-state index contributed by atoms with van der Waals surface area (Å²) >= 11 is 0. The third-order valence-corrected chi connectivity index (χ3v) is 4.52. The van der Waals surface area contributed by atoms with E-state index in [1.165, 1.54) is 32.1 Å². The molecular weight excluding hydrogens is 260 g/mol. The van der Waals surface area contributed by atoms with Gasteiger partial charge in [-0.2, -0.15) is 0 Å². The minimum absolute atomic E-state index is 0. The van der Waals surface area contributed by atoms with Crippen LogP contribution in [0.15, 0.2) is 0 Å².